The largest absolute Gasteiger partial charge is 0.334 e. The summed E-state index contributed by atoms with van der Waals surface area (Å²) in [7, 11) is 0. The second-order valence-electron chi connectivity index (χ2n) is 11.0. The zero-order valence-corrected chi connectivity index (χ0v) is 23.3. The van der Waals surface area contributed by atoms with E-state index in [1.165, 1.54) is 47.4 Å². The molecule has 4 rings (SSSR count). The van der Waals surface area contributed by atoms with Crippen LogP contribution in [0.4, 0.5) is 18.0 Å². The number of nitrogens with one attached hydrogen (secondary N) is 1. The fourth-order valence-electron chi connectivity index (χ4n) is 5.55. The van der Waals surface area contributed by atoms with Crippen LogP contribution >= 0.6 is 23.2 Å². The van der Waals surface area contributed by atoms with Gasteiger partial charge in [-0.1, -0.05) is 74.3 Å². The van der Waals surface area contributed by atoms with E-state index in [0.29, 0.717) is 12.0 Å². The van der Waals surface area contributed by atoms with Crippen molar-refractivity contribution in [2.24, 2.45) is 11.3 Å². The van der Waals surface area contributed by atoms with Crippen LogP contribution < -0.4 is 5.32 Å². The molecule has 1 heterocycles. The number of nitriles is 1. The summed E-state index contributed by atoms with van der Waals surface area (Å²) in [5.74, 6) is -2.48. The normalized spacial score (nSPS) is 21.1. The van der Waals surface area contributed by atoms with E-state index in [2.05, 4.69) is 11.4 Å². The van der Waals surface area contributed by atoms with E-state index in [4.69, 9.17) is 23.2 Å². The van der Waals surface area contributed by atoms with Crippen molar-refractivity contribution in [3.05, 3.63) is 105 Å². The highest BCUT2D eigenvalue weighted by molar-refractivity contribution is 6.31. The molecule has 0 spiro atoms. The molecule has 39 heavy (non-hydrogen) atoms. The molecule has 1 aliphatic heterocycles. The summed E-state index contributed by atoms with van der Waals surface area (Å²) >= 11 is 12.2. The quantitative estimate of drug-likeness (QED) is 0.334. The number of likely N-dealkylation sites (tertiary alicyclic amines) is 1. The van der Waals surface area contributed by atoms with Crippen molar-refractivity contribution in [1.82, 2.24) is 10.2 Å². The lowest BCUT2D eigenvalue weighted by Crippen LogP contribution is -2.44. The Morgan fingerprint density at radius 1 is 1.10 bits per heavy atom. The smallest absolute Gasteiger partial charge is 0.318 e. The van der Waals surface area contributed by atoms with Gasteiger partial charge in [0.1, 0.15) is 22.9 Å². The van der Waals surface area contributed by atoms with E-state index < -0.39 is 40.9 Å². The van der Waals surface area contributed by atoms with Gasteiger partial charge >= 0.3 is 6.03 Å². The molecule has 3 atom stereocenters. The highest BCUT2D eigenvalue weighted by atomic mass is 35.5. The molecule has 3 unspecified atom stereocenters. The maximum atomic E-state index is 15.7. The van der Waals surface area contributed by atoms with Crippen LogP contribution in [0.2, 0.25) is 10.0 Å². The Morgan fingerprint density at radius 3 is 2.41 bits per heavy atom. The van der Waals surface area contributed by atoms with Gasteiger partial charge in [0.25, 0.3) is 0 Å². The first-order valence-electron chi connectivity index (χ1n) is 12.5. The molecule has 204 valence electrons. The van der Waals surface area contributed by atoms with Crippen molar-refractivity contribution in [3.63, 3.8) is 0 Å². The van der Waals surface area contributed by atoms with Crippen molar-refractivity contribution in [2.45, 2.75) is 45.2 Å². The van der Waals surface area contributed by atoms with Gasteiger partial charge in [-0.3, -0.25) is 0 Å². The first-order chi connectivity index (χ1) is 18.4. The monoisotopic (exact) mass is 573 g/mol. The standard InChI is InChI=1S/C30H28Cl2F3N3O/c1-29(2,3)14-19-16-38(28(39)37-15-18-7-10-21(33)11-8-18)27(22-5-4-6-24(32)26(22)35)30(19,17-36)23-12-9-20(31)13-25(23)34/h4-13,19,27H,14-16H2,1-3H3,(H,37,39). The number of urea groups is 1. The van der Waals surface area contributed by atoms with Crippen LogP contribution in [0.1, 0.15) is 49.9 Å². The Hall–Kier alpha value is -3.21. The molecule has 0 radical (unpaired) electrons. The summed E-state index contributed by atoms with van der Waals surface area (Å²) in [5, 5.41) is 13.6. The third kappa shape index (κ3) is 5.73. The summed E-state index contributed by atoms with van der Waals surface area (Å²) in [6.07, 6.45) is 0.434. The van der Waals surface area contributed by atoms with Crippen LogP contribution in [-0.4, -0.2) is 17.5 Å². The van der Waals surface area contributed by atoms with Crippen molar-refractivity contribution < 1.29 is 18.0 Å². The van der Waals surface area contributed by atoms with Crippen LogP contribution in [0, 0.1) is 40.1 Å². The predicted molar refractivity (Wildman–Crippen MR) is 146 cm³/mol. The number of amides is 2. The van der Waals surface area contributed by atoms with Crippen LogP contribution in [0.25, 0.3) is 0 Å². The van der Waals surface area contributed by atoms with E-state index >= 15 is 8.78 Å². The summed E-state index contributed by atoms with van der Waals surface area (Å²) in [6.45, 7) is 6.08. The number of nitrogens with zero attached hydrogens (tertiary/aromatic N) is 2. The van der Waals surface area contributed by atoms with Crippen molar-refractivity contribution in [1.29, 1.82) is 5.26 Å². The fraction of sp³-hybridized carbons (Fsp3) is 0.333. The Balaban J connectivity index is 1.89. The number of carbonyl (C=O) groups is 1. The highest BCUT2D eigenvalue weighted by Gasteiger charge is 2.60. The first-order valence-corrected chi connectivity index (χ1v) is 13.2. The van der Waals surface area contributed by atoms with Gasteiger partial charge in [0.05, 0.1) is 17.1 Å². The van der Waals surface area contributed by atoms with Gasteiger partial charge in [0.2, 0.25) is 0 Å². The molecule has 2 amide bonds. The van der Waals surface area contributed by atoms with Gasteiger partial charge in [-0.05, 0) is 47.7 Å². The molecule has 4 nitrogen and oxygen atoms in total. The predicted octanol–water partition coefficient (Wildman–Crippen LogP) is 8.19. The van der Waals surface area contributed by atoms with Crippen molar-refractivity contribution in [3.8, 4) is 6.07 Å². The minimum atomic E-state index is -1.67. The van der Waals surface area contributed by atoms with Gasteiger partial charge in [-0.2, -0.15) is 5.26 Å². The molecule has 3 aromatic carbocycles. The first kappa shape index (κ1) is 28.8. The number of hydrogen-bond donors (Lipinski definition) is 1. The van der Waals surface area contributed by atoms with Gasteiger partial charge in [0, 0.05) is 35.2 Å². The Kier molecular flexibility index (Phi) is 8.20. The van der Waals surface area contributed by atoms with Gasteiger partial charge in [-0.15, -0.1) is 0 Å². The van der Waals surface area contributed by atoms with E-state index in [1.807, 2.05) is 20.8 Å². The van der Waals surface area contributed by atoms with E-state index in [9.17, 15) is 14.4 Å². The summed E-state index contributed by atoms with van der Waals surface area (Å²) < 4.78 is 44.6. The number of carbonyl (C=O) groups excluding carboxylic acids is 1. The number of rotatable bonds is 5. The van der Waals surface area contributed by atoms with Gasteiger partial charge in [0.15, 0.2) is 0 Å². The molecule has 3 aromatic rings. The number of benzene rings is 3. The van der Waals surface area contributed by atoms with E-state index in [0.717, 1.165) is 6.07 Å². The Bertz CT molecular complexity index is 1420. The van der Waals surface area contributed by atoms with Crippen molar-refractivity contribution in [2.75, 3.05) is 6.54 Å². The molecular weight excluding hydrogens is 546 g/mol. The molecule has 1 aliphatic rings. The third-order valence-electron chi connectivity index (χ3n) is 7.12. The molecule has 1 N–H and O–H groups in total. The second kappa shape index (κ2) is 11.1. The fourth-order valence-corrected chi connectivity index (χ4v) is 5.89. The highest BCUT2D eigenvalue weighted by Crippen LogP contribution is 2.56. The topological polar surface area (TPSA) is 56.1 Å². The summed E-state index contributed by atoms with van der Waals surface area (Å²) in [6, 6.07) is 14.6. The van der Waals surface area contributed by atoms with Gasteiger partial charge in [-0.25, -0.2) is 18.0 Å². The van der Waals surface area contributed by atoms with Gasteiger partial charge < -0.3 is 10.2 Å². The number of hydrogen-bond acceptors (Lipinski definition) is 2. The lowest BCUT2D eigenvalue weighted by Gasteiger charge is -2.38. The average Bonchev–Trinajstić information content (AvgIpc) is 3.18. The molecule has 9 heteroatoms. The molecular formula is C30H28Cl2F3N3O. The molecule has 1 fully saturated rings. The lowest BCUT2D eigenvalue weighted by atomic mass is 9.63. The maximum Gasteiger partial charge on any atom is 0.318 e. The van der Waals surface area contributed by atoms with Crippen LogP contribution in [-0.2, 0) is 12.0 Å². The second-order valence-corrected chi connectivity index (χ2v) is 11.9. The SMILES string of the molecule is CC(C)(C)CC1CN(C(=O)NCc2ccc(F)cc2)C(c2cccc(Cl)c2F)C1(C#N)c1ccc(Cl)cc1F. The Labute approximate surface area is 236 Å². The lowest BCUT2D eigenvalue weighted by molar-refractivity contribution is 0.184. The van der Waals surface area contributed by atoms with Crippen LogP contribution in [0.5, 0.6) is 0 Å². The summed E-state index contributed by atoms with van der Waals surface area (Å²) in [5.41, 5.74) is -1.29. The molecule has 0 saturated carbocycles. The Morgan fingerprint density at radius 2 is 1.79 bits per heavy atom. The van der Waals surface area contributed by atoms with E-state index in [1.54, 1.807) is 12.1 Å². The van der Waals surface area contributed by atoms with Crippen LogP contribution in [0.3, 0.4) is 0 Å². The molecule has 0 bridgehead atoms. The zero-order valence-electron chi connectivity index (χ0n) is 21.7. The summed E-state index contributed by atoms with van der Waals surface area (Å²) in [4.78, 5) is 15.1. The zero-order chi connectivity index (χ0) is 28.5. The number of halogens is 5. The molecule has 1 saturated heterocycles. The maximum absolute atomic E-state index is 15.7. The third-order valence-corrected chi connectivity index (χ3v) is 7.65. The molecule has 0 aromatic heterocycles. The van der Waals surface area contributed by atoms with Crippen LogP contribution in [0.15, 0.2) is 60.7 Å². The average molecular weight is 574 g/mol. The minimum Gasteiger partial charge on any atom is -0.334 e. The minimum absolute atomic E-state index is 0.00624. The van der Waals surface area contributed by atoms with Crippen molar-refractivity contribution >= 4 is 29.2 Å². The molecule has 0 aliphatic carbocycles. The van der Waals surface area contributed by atoms with E-state index in [-0.39, 0.29) is 39.7 Å².